The molecule has 0 aliphatic carbocycles. The van der Waals surface area contributed by atoms with Crippen molar-refractivity contribution in [3.63, 3.8) is 0 Å². The third-order valence-corrected chi connectivity index (χ3v) is 6.03. The predicted molar refractivity (Wildman–Crippen MR) is 126 cm³/mol. The van der Waals surface area contributed by atoms with E-state index in [1.165, 1.54) is 22.3 Å². The maximum Gasteiger partial charge on any atom is 0.119 e. The Morgan fingerprint density at radius 2 is 1.94 bits per heavy atom. The number of hydrogen-bond acceptors (Lipinski definition) is 5. The van der Waals surface area contributed by atoms with Crippen LogP contribution in [0.5, 0.6) is 5.75 Å². The summed E-state index contributed by atoms with van der Waals surface area (Å²) in [6.45, 7) is 6.51. The quantitative estimate of drug-likeness (QED) is 0.561. The van der Waals surface area contributed by atoms with E-state index in [2.05, 4.69) is 64.5 Å². The third-order valence-electron chi connectivity index (χ3n) is 6.03. The third kappa shape index (κ3) is 5.97. The van der Waals surface area contributed by atoms with Crippen molar-refractivity contribution in [2.24, 2.45) is 7.05 Å². The molecule has 1 atom stereocenters. The molecule has 1 aliphatic heterocycles. The van der Waals surface area contributed by atoms with E-state index in [0.717, 1.165) is 44.0 Å². The summed E-state index contributed by atoms with van der Waals surface area (Å²) in [4.78, 5) is 4.58. The van der Waals surface area contributed by atoms with Crippen LogP contribution in [0, 0.1) is 6.92 Å². The second-order valence-corrected chi connectivity index (χ2v) is 8.95. The number of aromatic nitrogens is 2. The number of fused-ring (bicyclic) bond motifs is 1. The standard InChI is InChI=1S/C26H34N4O2/c1-20-24(16-29(3)27-20)15-28(2)14-21-7-6-10-26(13-21)32-19-25(31)18-30-12-11-22-8-4-5-9-23(22)17-30/h4-10,13,16,25,31H,11-12,14-15,17-19H2,1-3H3. The highest BCUT2D eigenvalue weighted by molar-refractivity contribution is 5.30. The smallest absolute Gasteiger partial charge is 0.119 e. The topological polar surface area (TPSA) is 53.8 Å². The zero-order valence-corrected chi connectivity index (χ0v) is 19.4. The normalized spacial score (nSPS) is 15.0. The molecule has 0 spiro atoms. The highest BCUT2D eigenvalue weighted by atomic mass is 16.5. The Labute approximate surface area is 191 Å². The maximum atomic E-state index is 10.5. The minimum atomic E-state index is -0.514. The highest BCUT2D eigenvalue weighted by Gasteiger charge is 2.18. The lowest BCUT2D eigenvalue weighted by Gasteiger charge is -2.30. The molecule has 0 fully saturated rings. The fraction of sp³-hybridized carbons (Fsp3) is 0.423. The van der Waals surface area contributed by atoms with Gasteiger partial charge in [0.05, 0.1) is 5.69 Å². The van der Waals surface area contributed by atoms with Crippen LogP contribution < -0.4 is 4.74 Å². The Kier molecular flexibility index (Phi) is 7.25. The van der Waals surface area contributed by atoms with Crippen molar-refractivity contribution in [2.75, 3.05) is 26.7 Å². The van der Waals surface area contributed by atoms with Gasteiger partial charge in [0.2, 0.25) is 0 Å². The summed E-state index contributed by atoms with van der Waals surface area (Å²) in [6.07, 6.45) is 2.60. The maximum absolute atomic E-state index is 10.5. The lowest BCUT2D eigenvalue weighted by Crippen LogP contribution is -2.38. The van der Waals surface area contributed by atoms with Gasteiger partial charge in [-0.15, -0.1) is 0 Å². The molecule has 2 heterocycles. The zero-order valence-electron chi connectivity index (χ0n) is 19.4. The summed E-state index contributed by atoms with van der Waals surface area (Å²) in [5.41, 5.74) is 6.29. The van der Waals surface area contributed by atoms with Crippen LogP contribution in [0.4, 0.5) is 0 Å². The van der Waals surface area contributed by atoms with Crippen molar-refractivity contribution in [2.45, 2.75) is 39.1 Å². The first-order valence-electron chi connectivity index (χ1n) is 11.3. The molecule has 6 heteroatoms. The number of aliphatic hydroxyl groups excluding tert-OH is 1. The second kappa shape index (κ2) is 10.3. The van der Waals surface area contributed by atoms with Crippen LogP contribution in [-0.2, 0) is 33.1 Å². The molecule has 1 aliphatic rings. The van der Waals surface area contributed by atoms with Crippen LogP contribution in [0.3, 0.4) is 0 Å². The Morgan fingerprint density at radius 1 is 1.12 bits per heavy atom. The number of hydrogen-bond donors (Lipinski definition) is 1. The van der Waals surface area contributed by atoms with Crippen LogP contribution >= 0.6 is 0 Å². The summed E-state index contributed by atoms with van der Waals surface area (Å²) >= 11 is 0. The van der Waals surface area contributed by atoms with Gasteiger partial charge >= 0.3 is 0 Å². The van der Waals surface area contributed by atoms with Gasteiger partial charge in [0.15, 0.2) is 0 Å². The summed E-state index contributed by atoms with van der Waals surface area (Å²) < 4.78 is 7.80. The van der Waals surface area contributed by atoms with E-state index in [4.69, 9.17) is 4.74 Å². The van der Waals surface area contributed by atoms with E-state index >= 15 is 0 Å². The Balaban J connectivity index is 1.25. The molecule has 0 bridgehead atoms. The monoisotopic (exact) mass is 434 g/mol. The predicted octanol–water partition coefficient (Wildman–Crippen LogP) is 3.16. The number of benzene rings is 2. The van der Waals surface area contributed by atoms with Crippen LogP contribution in [0.1, 0.15) is 27.9 Å². The molecule has 0 amide bonds. The number of aryl methyl sites for hydroxylation is 2. The minimum Gasteiger partial charge on any atom is -0.491 e. The van der Waals surface area contributed by atoms with Crippen molar-refractivity contribution < 1.29 is 9.84 Å². The lowest BCUT2D eigenvalue weighted by atomic mass is 10.00. The Bertz CT molecular complexity index is 1030. The second-order valence-electron chi connectivity index (χ2n) is 8.95. The number of rotatable bonds is 9. The molecule has 0 saturated carbocycles. The average molecular weight is 435 g/mol. The SMILES string of the molecule is Cc1nn(C)cc1CN(C)Cc1cccc(OCC(O)CN2CCc3ccccc3C2)c1. The number of aliphatic hydroxyl groups is 1. The number of ether oxygens (including phenoxy) is 1. The van der Waals surface area contributed by atoms with Crippen molar-refractivity contribution in [1.82, 2.24) is 19.6 Å². The summed E-state index contributed by atoms with van der Waals surface area (Å²) in [6, 6.07) is 16.7. The summed E-state index contributed by atoms with van der Waals surface area (Å²) in [7, 11) is 4.07. The first-order chi connectivity index (χ1) is 15.5. The van der Waals surface area contributed by atoms with Gasteiger partial charge < -0.3 is 9.84 Å². The number of nitrogens with zero attached hydrogens (tertiary/aromatic N) is 4. The fourth-order valence-electron chi connectivity index (χ4n) is 4.45. The fourth-order valence-corrected chi connectivity index (χ4v) is 4.45. The Morgan fingerprint density at radius 3 is 2.72 bits per heavy atom. The average Bonchev–Trinajstić information content (AvgIpc) is 3.08. The summed E-state index contributed by atoms with van der Waals surface area (Å²) in [5.74, 6) is 0.802. The molecular formula is C26H34N4O2. The molecule has 1 aromatic heterocycles. The molecule has 170 valence electrons. The van der Waals surface area contributed by atoms with E-state index in [9.17, 15) is 5.11 Å². The molecule has 4 rings (SSSR count). The van der Waals surface area contributed by atoms with Gasteiger partial charge in [-0.25, -0.2) is 0 Å². The van der Waals surface area contributed by atoms with E-state index in [1.54, 1.807) is 0 Å². The highest BCUT2D eigenvalue weighted by Crippen LogP contribution is 2.19. The molecule has 1 N–H and O–H groups in total. The van der Waals surface area contributed by atoms with Gasteiger partial charge in [-0.05, 0) is 49.2 Å². The largest absolute Gasteiger partial charge is 0.491 e. The Hall–Kier alpha value is -2.67. The first kappa shape index (κ1) is 22.5. The zero-order chi connectivity index (χ0) is 22.5. The van der Waals surface area contributed by atoms with Gasteiger partial charge in [0.25, 0.3) is 0 Å². The molecular weight excluding hydrogens is 400 g/mol. The van der Waals surface area contributed by atoms with E-state index in [0.29, 0.717) is 13.2 Å². The van der Waals surface area contributed by atoms with Gasteiger partial charge in [-0.1, -0.05) is 36.4 Å². The van der Waals surface area contributed by atoms with E-state index in [1.807, 2.05) is 30.8 Å². The van der Waals surface area contributed by atoms with E-state index in [-0.39, 0.29) is 0 Å². The first-order valence-corrected chi connectivity index (χ1v) is 11.3. The number of β-amino-alcohol motifs (C(OH)–C–C–N with tert-alkyl or cyclic N) is 1. The van der Waals surface area contributed by atoms with Crippen LogP contribution in [0.15, 0.2) is 54.7 Å². The summed E-state index contributed by atoms with van der Waals surface area (Å²) in [5, 5.41) is 15.0. The van der Waals surface area contributed by atoms with E-state index < -0.39 is 6.10 Å². The molecule has 0 radical (unpaired) electrons. The lowest BCUT2D eigenvalue weighted by molar-refractivity contribution is 0.0637. The van der Waals surface area contributed by atoms with Crippen LogP contribution in [0.25, 0.3) is 0 Å². The molecule has 2 aromatic carbocycles. The molecule has 6 nitrogen and oxygen atoms in total. The van der Waals surface area contributed by atoms with Crippen molar-refractivity contribution >= 4 is 0 Å². The van der Waals surface area contributed by atoms with Crippen molar-refractivity contribution in [3.8, 4) is 5.75 Å². The van der Waals surface area contributed by atoms with Crippen molar-refractivity contribution in [1.29, 1.82) is 0 Å². The van der Waals surface area contributed by atoms with Gasteiger partial charge in [0.1, 0.15) is 18.5 Å². The molecule has 1 unspecified atom stereocenters. The molecule has 32 heavy (non-hydrogen) atoms. The minimum absolute atomic E-state index is 0.298. The van der Waals surface area contributed by atoms with Gasteiger partial charge in [0, 0.05) is 51.5 Å². The van der Waals surface area contributed by atoms with Gasteiger partial charge in [-0.3, -0.25) is 14.5 Å². The molecule has 3 aromatic rings. The van der Waals surface area contributed by atoms with Crippen molar-refractivity contribution in [3.05, 3.63) is 82.7 Å². The van der Waals surface area contributed by atoms with Crippen LogP contribution in [0.2, 0.25) is 0 Å². The van der Waals surface area contributed by atoms with Gasteiger partial charge in [-0.2, -0.15) is 5.10 Å². The van der Waals surface area contributed by atoms with Crippen LogP contribution in [-0.4, -0.2) is 57.5 Å². The molecule has 0 saturated heterocycles.